The van der Waals surface area contributed by atoms with Gasteiger partial charge in [0, 0.05) is 23.0 Å². The number of carbonyl (C=O) groups excluding carboxylic acids is 1. The van der Waals surface area contributed by atoms with E-state index in [1.54, 1.807) is 11.8 Å². The third-order valence-electron chi connectivity index (χ3n) is 3.14. The predicted octanol–water partition coefficient (Wildman–Crippen LogP) is 4.22. The summed E-state index contributed by atoms with van der Waals surface area (Å²) in [6.07, 6.45) is 5.85. The van der Waals surface area contributed by atoms with Crippen LogP contribution >= 0.6 is 23.1 Å². The Bertz CT molecular complexity index is 794. The molecule has 4 nitrogen and oxygen atoms in total. The number of rotatable bonds is 4. The van der Waals surface area contributed by atoms with Gasteiger partial charge in [-0.1, -0.05) is 17.4 Å². The quantitative estimate of drug-likeness (QED) is 0.729. The second-order valence-electron chi connectivity index (χ2n) is 4.69. The summed E-state index contributed by atoms with van der Waals surface area (Å²) in [6.45, 7) is 1.86. The molecule has 3 aromatic rings. The van der Waals surface area contributed by atoms with Gasteiger partial charge in [0.1, 0.15) is 4.88 Å². The van der Waals surface area contributed by atoms with Gasteiger partial charge in [-0.05, 0) is 43.5 Å². The van der Waals surface area contributed by atoms with Crippen LogP contribution in [0.25, 0.3) is 5.13 Å². The molecule has 2 heterocycles. The van der Waals surface area contributed by atoms with Crippen molar-refractivity contribution in [3.05, 3.63) is 59.4 Å². The van der Waals surface area contributed by atoms with Crippen molar-refractivity contribution in [2.24, 2.45) is 0 Å². The number of amides is 1. The van der Waals surface area contributed by atoms with Crippen LogP contribution in [0.5, 0.6) is 0 Å². The molecule has 3 rings (SSSR count). The van der Waals surface area contributed by atoms with Crippen LogP contribution in [0.2, 0.25) is 0 Å². The third kappa shape index (κ3) is 3.08. The lowest BCUT2D eigenvalue weighted by Crippen LogP contribution is -2.11. The second kappa shape index (κ2) is 6.37. The topological polar surface area (TPSA) is 46.9 Å². The lowest BCUT2D eigenvalue weighted by molar-refractivity contribution is 0.103. The van der Waals surface area contributed by atoms with E-state index in [2.05, 4.69) is 10.3 Å². The molecule has 2 aromatic heterocycles. The average molecular weight is 329 g/mol. The van der Waals surface area contributed by atoms with Crippen LogP contribution in [-0.2, 0) is 0 Å². The first-order valence-electron chi connectivity index (χ1n) is 6.73. The number of nitrogens with zero attached hydrogens (tertiary/aromatic N) is 2. The molecule has 0 saturated heterocycles. The van der Waals surface area contributed by atoms with Gasteiger partial charge in [-0.15, -0.1) is 11.8 Å². The maximum absolute atomic E-state index is 12.5. The Morgan fingerprint density at radius 1 is 1.27 bits per heavy atom. The summed E-state index contributed by atoms with van der Waals surface area (Å²) in [5, 5.41) is 3.74. The molecule has 112 valence electrons. The molecule has 0 fully saturated rings. The van der Waals surface area contributed by atoms with Crippen molar-refractivity contribution in [2.75, 3.05) is 11.6 Å². The van der Waals surface area contributed by atoms with Crippen LogP contribution in [0.15, 0.2) is 53.7 Å². The Kier molecular flexibility index (Phi) is 4.31. The normalized spacial score (nSPS) is 10.6. The molecule has 0 spiro atoms. The summed E-state index contributed by atoms with van der Waals surface area (Å²) >= 11 is 3.04. The molecule has 6 heteroatoms. The molecular weight excluding hydrogens is 314 g/mol. The first-order chi connectivity index (χ1) is 10.7. The van der Waals surface area contributed by atoms with E-state index in [0.717, 1.165) is 21.4 Å². The molecular formula is C16H15N3OS2. The van der Waals surface area contributed by atoms with Crippen molar-refractivity contribution in [1.82, 2.24) is 9.55 Å². The fourth-order valence-electron chi connectivity index (χ4n) is 2.05. The zero-order valence-electron chi connectivity index (χ0n) is 12.2. The SMILES string of the molecule is CSc1cccc(NC(=O)c2sc(-n3cccc3)nc2C)c1. The number of aryl methyl sites for hydroxylation is 1. The number of carbonyl (C=O) groups is 1. The summed E-state index contributed by atoms with van der Waals surface area (Å²) in [6, 6.07) is 11.7. The van der Waals surface area contributed by atoms with E-state index < -0.39 is 0 Å². The Hall–Kier alpha value is -2.05. The van der Waals surface area contributed by atoms with Gasteiger partial charge < -0.3 is 9.88 Å². The minimum absolute atomic E-state index is 0.119. The summed E-state index contributed by atoms with van der Waals surface area (Å²) in [7, 11) is 0. The maximum Gasteiger partial charge on any atom is 0.267 e. The number of nitrogens with one attached hydrogen (secondary N) is 1. The Balaban J connectivity index is 1.83. The zero-order valence-corrected chi connectivity index (χ0v) is 13.9. The van der Waals surface area contributed by atoms with Gasteiger partial charge in [0.15, 0.2) is 5.13 Å². The fraction of sp³-hybridized carbons (Fsp3) is 0.125. The van der Waals surface area contributed by atoms with Gasteiger partial charge in [0.2, 0.25) is 0 Å². The lowest BCUT2D eigenvalue weighted by atomic mass is 10.3. The Morgan fingerprint density at radius 3 is 2.77 bits per heavy atom. The van der Waals surface area contributed by atoms with Crippen LogP contribution in [0.1, 0.15) is 15.4 Å². The van der Waals surface area contributed by atoms with Crippen LogP contribution in [-0.4, -0.2) is 21.7 Å². The van der Waals surface area contributed by atoms with Crippen LogP contribution < -0.4 is 5.32 Å². The van der Waals surface area contributed by atoms with Crippen LogP contribution in [0, 0.1) is 6.92 Å². The molecule has 0 saturated carbocycles. The van der Waals surface area contributed by atoms with E-state index in [1.165, 1.54) is 11.3 Å². The number of hydrogen-bond donors (Lipinski definition) is 1. The summed E-state index contributed by atoms with van der Waals surface area (Å²) in [5.41, 5.74) is 1.54. The molecule has 0 aliphatic carbocycles. The monoisotopic (exact) mass is 329 g/mol. The van der Waals surface area contributed by atoms with Gasteiger partial charge in [0.05, 0.1) is 5.69 Å². The smallest absolute Gasteiger partial charge is 0.267 e. The molecule has 0 aliphatic heterocycles. The van der Waals surface area contributed by atoms with Crippen molar-refractivity contribution in [1.29, 1.82) is 0 Å². The van der Waals surface area contributed by atoms with Gasteiger partial charge >= 0.3 is 0 Å². The molecule has 1 N–H and O–H groups in total. The molecule has 0 unspecified atom stereocenters. The molecule has 1 amide bonds. The van der Waals surface area contributed by atoms with Crippen LogP contribution in [0.4, 0.5) is 5.69 Å². The van der Waals surface area contributed by atoms with Crippen molar-refractivity contribution < 1.29 is 4.79 Å². The highest BCUT2D eigenvalue weighted by molar-refractivity contribution is 7.98. The van der Waals surface area contributed by atoms with E-state index in [9.17, 15) is 4.79 Å². The van der Waals surface area contributed by atoms with Gasteiger partial charge in [-0.2, -0.15) is 0 Å². The highest BCUT2D eigenvalue weighted by Gasteiger charge is 2.16. The van der Waals surface area contributed by atoms with Crippen molar-refractivity contribution in [3.63, 3.8) is 0 Å². The molecule has 0 atom stereocenters. The number of benzene rings is 1. The summed E-state index contributed by atoms with van der Waals surface area (Å²) < 4.78 is 1.91. The number of aromatic nitrogens is 2. The Morgan fingerprint density at radius 2 is 2.05 bits per heavy atom. The largest absolute Gasteiger partial charge is 0.321 e. The fourth-order valence-corrected chi connectivity index (χ4v) is 3.44. The third-order valence-corrected chi connectivity index (χ3v) is 5.04. The molecule has 0 radical (unpaired) electrons. The molecule has 0 aliphatic rings. The highest BCUT2D eigenvalue weighted by atomic mass is 32.2. The van der Waals surface area contributed by atoms with Crippen molar-refractivity contribution >= 4 is 34.7 Å². The minimum atomic E-state index is -0.119. The molecule has 0 bridgehead atoms. The Labute approximate surface area is 137 Å². The minimum Gasteiger partial charge on any atom is -0.321 e. The highest BCUT2D eigenvalue weighted by Crippen LogP contribution is 2.24. The maximum atomic E-state index is 12.5. The van der Waals surface area contributed by atoms with E-state index >= 15 is 0 Å². The number of thiazole rings is 1. The molecule has 1 aromatic carbocycles. The summed E-state index contributed by atoms with van der Waals surface area (Å²) in [4.78, 5) is 18.7. The lowest BCUT2D eigenvalue weighted by Gasteiger charge is -2.05. The van der Waals surface area contributed by atoms with E-state index in [1.807, 2.05) is 66.5 Å². The number of hydrogen-bond acceptors (Lipinski definition) is 4. The zero-order chi connectivity index (χ0) is 15.5. The number of anilines is 1. The second-order valence-corrected chi connectivity index (χ2v) is 6.54. The predicted molar refractivity (Wildman–Crippen MR) is 92.4 cm³/mol. The van der Waals surface area contributed by atoms with Crippen molar-refractivity contribution in [3.8, 4) is 5.13 Å². The van der Waals surface area contributed by atoms with E-state index in [0.29, 0.717) is 4.88 Å². The first kappa shape index (κ1) is 14.9. The van der Waals surface area contributed by atoms with E-state index in [-0.39, 0.29) is 5.91 Å². The van der Waals surface area contributed by atoms with Gasteiger partial charge in [-0.3, -0.25) is 4.79 Å². The van der Waals surface area contributed by atoms with Crippen molar-refractivity contribution in [2.45, 2.75) is 11.8 Å². The molecule has 22 heavy (non-hydrogen) atoms. The first-order valence-corrected chi connectivity index (χ1v) is 8.77. The van der Waals surface area contributed by atoms with E-state index in [4.69, 9.17) is 0 Å². The standard InChI is InChI=1S/C16H15N3OS2/c1-11-14(22-16(17-11)19-8-3-4-9-19)15(20)18-12-6-5-7-13(10-12)21-2/h3-10H,1-2H3,(H,18,20). The van der Waals surface area contributed by atoms with Crippen LogP contribution in [0.3, 0.4) is 0 Å². The summed E-state index contributed by atoms with van der Waals surface area (Å²) in [5.74, 6) is -0.119. The average Bonchev–Trinajstić information content (AvgIpc) is 3.16. The number of thioether (sulfide) groups is 1. The van der Waals surface area contributed by atoms with Gasteiger partial charge in [-0.25, -0.2) is 4.98 Å². The van der Waals surface area contributed by atoms with Gasteiger partial charge in [0.25, 0.3) is 5.91 Å².